The highest BCUT2D eigenvalue weighted by atomic mass is 16.5. The van der Waals surface area contributed by atoms with E-state index in [-0.39, 0.29) is 31.4 Å². The molecule has 0 spiro atoms. The van der Waals surface area contributed by atoms with Crippen LogP contribution < -0.4 is 10.6 Å². The van der Waals surface area contributed by atoms with E-state index < -0.39 is 23.5 Å². The highest BCUT2D eigenvalue weighted by Gasteiger charge is 2.30. The van der Waals surface area contributed by atoms with E-state index >= 15 is 0 Å². The van der Waals surface area contributed by atoms with E-state index in [1.54, 1.807) is 13.8 Å². The fraction of sp³-hybridized carbons (Fsp3) is 0.400. The molecule has 0 fully saturated rings. The van der Waals surface area contributed by atoms with Crippen molar-refractivity contribution in [1.29, 1.82) is 0 Å². The third-order valence-electron chi connectivity index (χ3n) is 5.90. The monoisotopic (exact) mass is 438 g/mol. The maximum atomic E-state index is 12.4. The molecule has 0 aromatic heterocycles. The van der Waals surface area contributed by atoms with Gasteiger partial charge in [0.25, 0.3) is 0 Å². The van der Waals surface area contributed by atoms with Gasteiger partial charge in [0.2, 0.25) is 5.91 Å². The molecule has 2 aromatic rings. The average molecular weight is 439 g/mol. The van der Waals surface area contributed by atoms with Crippen molar-refractivity contribution in [2.45, 2.75) is 45.6 Å². The number of carbonyl (C=O) groups is 3. The molecule has 1 aliphatic carbocycles. The second-order valence-electron chi connectivity index (χ2n) is 8.74. The normalized spacial score (nSPS) is 13.6. The maximum absolute atomic E-state index is 12.4. The van der Waals surface area contributed by atoms with Crippen molar-refractivity contribution in [2.24, 2.45) is 5.41 Å². The van der Waals surface area contributed by atoms with Crippen molar-refractivity contribution >= 4 is 18.0 Å². The highest BCUT2D eigenvalue weighted by molar-refractivity contribution is 5.80. The Kier molecular flexibility index (Phi) is 7.18. The molecule has 3 N–H and O–H groups in total. The third kappa shape index (κ3) is 5.28. The van der Waals surface area contributed by atoms with E-state index in [1.807, 2.05) is 31.2 Å². The van der Waals surface area contributed by atoms with Crippen LogP contribution >= 0.6 is 0 Å². The van der Waals surface area contributed by atoms with Gasteiger partial charge in [-0.05, 0) is 42.5 Å². The van der Waals surface area contributed by atoms with E-state index in [1.165, 1.54) is 0 Å². The standard InChI is InChI=1S/C25H30N2O5/c1-4-16(13-22(28)26-15-25(2,3)23(29)30)27-24(31)32-14-21-19-11-7-5-9-17(19)18-10-6-8-12-20(18)21/h5-12,16,21H,4,13-15H2,1-3H3,(H,26,28)(H,27,31)(H,29,30)/t16-/m0/s1. The Labute approximate surface area is 188 Å². The molecule has 0 saturated heterocycles. The van der Waals surface area contributed by atoms with Crippen molar-refractivity contribution in [2.75, 3.05) is 13.2 Å². The van der Waals surface area contributed by atoms with Crippen molar-refractivity contribution in [3.63, 3.8) is 0 Å². The Morgan fingerprint density at radius 1 is 1.03 bits per heavy atom. The maximum Gasteiger partial charge on any atom is 0.407 e. The minimum atomic E-state index is -1.06. The van der Waals surface area contributed by atoms with Gasteiger partial charge in [0.15, 0.2) is 0 Å². The molecule has 1 atom stereocenters. The van der Waals surface area contributed by atoms with Crippen LogP contribution in [0, 0.1) is 5.41 Å². The molecule has 1 aliphatic rings. The van der Waals surface area contributed by atoms with Gasteiger partial charge in [-0.15, -0.1) is 0 Å². The number of ether oxygens (including phenoxy) is 1. The topological polar surface area (TPSA) is 105 Å². The lowest BCUT2D eigenvalue weighted by Gasteiger charge is -2.21. The number of benzene rings is 2. The fourth-order valence-corrected chi connectivity index (χ4v) is 3.80. The molecule has 2 aromatic carbocycles. The smallest absolute Gasteiger partial charge is 0.407 e. The summed E-state index contributed by atoms with van der Waals surface area (Å²) < 4.78 is 5.54. The van der Waals surface area contributed by atoms with E-state index in [4.69, 9.17) is 9.84 Å². The molecule has 0 bridgehead atoms. The van der Waals surface area contributed by atoms with Crippen LogP contribution in [0.1, 0.15) is 50.7 Å². The van der Waals surface area contributed by atoms with Crippen LogP contribution in [-0.2, 0) is 14.3 Å². The minimum absolute atomic E-state index is 0.0164. The van der Waals surface area contributed by atoms with Crippen molar-refractivity contribution < 1.29 is 24.2 Å². The zero-order chi connectivity index (χ0) is 23.3. The summed E-state index contributed by atoms with van der Waals surface area (Å²) in [6.07, 6.45) is 0.0217. The number of hydrogen-bond acceptors (Lipinski definition) is 4. The third-order valence-corrected chi connectivity index (χ3v) is 5.90. The molecule has 0 saturated carbocycles. The van der Waals surface area contributed by atoms with Crippen LogP contribution in [0.4, 0.5) is 4.79 Å². The Morgan fingerprint density at radius 3 is 2.12 bits per heavy atom. The van der Waals surface area contributed by atoms with E-state index in [0.717, 1.165) is 22.3 Å². The number of amides is 2. The van der Waals surface area contributed by atoms with Crippen LogP contribution in [0.5, 0.6) is 0 Å². The first-order chi connectivity index (χ1) is 15.2. The molecule has 2 amide bonds. The van der Waals surface area contributed by atoms with Gasteiger partial charge in [0, 0.05) is 24.9 Å². The largest absolute Gasteiger partial charge is 0.481 e. The fourth-order valence-electron chi connectivity index (χ4n) is 3.80. The quantitative estimate of drug-likeness (QED) is 0.550. The number of carboxylic acids is 1. The molecule has 0 unspecified atom stereocenters. The number of carboxylic acid groups (broad SMARTS) is 1. The van der Waals surface area contributed by atoms with E-state index in [9.17, 15) is 14.4 Å². The lowest BCUT2D eigenvalue weighted by molar-refractivity contribution is -0.146. The molecule has 7 heteroatoms. The summed E-state index contributed by atoms with van der Waals surface area (Å²) in [7, 11) is 0. The number of carbonyl (C=O) groups excluding carboxylic acids is 2. The van der Waals surface area contributed by atoms with Crippen molar-refractivity contribution in [1.82, 2.24) is 10.6 Å². The van der Waals surface area contributed by atoms with Crippen LogP contribution in [0.25, 0.3) is 11.1 Å². The molecule has 0 aliphatic heterocycles. The second-order valence-corrected chi connectivity index (χ2v) is 8.74. The predicted octanol–water partition coefficient (Wildman–Crippen LogP) is 3.92. The molecule has 170 valence electrons. The first-order valence-electron chi connectivity index (χ1n) is 10.8. The minimum Gasteiger partial charge on any atom is -0.481 e. The zero-order valence-corrected chi connectivity index (χ0v) is 18.7. The SMILES string of the molecule is CC[C@@H](CC(=O)NCC(C)(C)C(=O)O)NC(=O)OCC1c2ccccc2-c2ccccc21. The molecule has 7 nitrogen and oxygen atoms in total. The number of nitrogens with one attached hydrogen (secondary N) is 2. The molecule has 0 radical (unpaired) electrons. The number of hydrogen-bond donors (Lipinski definition) is 3. The highest BCUT2D eigenvalue weighted by Crippen LogP contribution is 2.44. The Morgan fingerprint density at radius 2 is 1.59 bits per heavy atom. The average Bonchev–Trinajstić information content (AvgIpc) is 3.09. The van der Waals surface area contributed by atoms with Crippen LogP contribution in [0.3, 0.4) is 0 Å². The van der Waals surface area contributed by atoms with Gasteiger partial charge < -0.3 is 20.5 Å². The molecule has 32 heavy (non-hydrogen) atoms. The molecular formula is C25H30N2O5. The number of rotatable bonds is 9. The molecule has 3 rings (SSSR count). The van der Waals surface area contributed by atoms with Gasteiger partial charge in [0.1, 0.15) is 6.61 Å². The summed E-state index contributed by atoms with van der Waals surface area (Å²) in [5.41, 5.74) is 3.52. The van der Waals surface area contributed by atoms with Gasteiger partial charge >= 0.3 is 12.1 Å². The zero-order valence-electron chi connectivity index (χ0n) is 18.7. The van der Waals surface area contributed by atoms with Gasteiger partial charge in [0.05, 0.1) is 5.41 Å². The van der Waals surface area contributed by atoms with Crippen LogP contribution in [-0.4, -0.2) is 42.3 Å². The summed E-state index contributed by atoms with van der Waals surface area (Å²) in [6.45, 7) is 5.17. The van der Waals surface area contributed by atoms with Gasteiger partial charge in [-0.2, -0.15) is 0 Å². The summed E-state index contributed by atoms with van der Waals surface area (Å²) in [6, 6.07) is 15.8. The molecule has 0 heterocycles. The predicted molar refractivity (Wildman–Crippen MR) is 121 cm³/mol. The lowest BCUT2D eigenvalue weighted by atomic mass is 9.94. The number of aliphatic carboxylic acids is 1. The summed E-state index contributed by atoms with van der Waals surface area (Å²) in [5, 5.41) is 14.5. The first kappa shape index (κ1) is 23.3. The Bertz CT molecular complexity index is 956. The first-order valence-corrected chi connectivity index (χ1v) is 10.8. The second kappa shape index (κ2) is 9.85. The molecular weight excluding hydrogens is 408 g/mol. The van der Waals surface area contributed by atoms with Gasteiger partial charge in [-0.25, -0.2) is 4.79 Å². The van der Waals surface area contributed by atoms with Crippen molar-refractivity contribution in [3.05, 3.63) is 59.7 Å². The van der Waals surface area contributed by atoms with Crippen LogP contribution in [0.2, 0.25) is 0 Å². The number of alkyl carbamates (subject to hydrolysis) is 1. The summed E-state index contributed by atoms with van der Waals surface area (Å²) in [5.74, 6) is -1.33. The van der Waals surface area contributed by atoms with E-state index in [0.29, 0.717) is 6.42 Å². The van der Waals surface area contributed by atoms with Gasteiger partial charge in [-0.3, -0.25) is 9.59 Å². The van der Waals surface area contributed by atoms with E-state index in [2.05, 4.69) is 34.9 Å². The summed E-state index contributed by atoms with van der Waals surface area (Å²) in [4.78, 5) is 35.8. The number of fused-ring (bicyclic) bond motifs is 3. The van der Waals surface area contributed by atoms with Gasteiger partial charge in [-0.1, -0.05) is 55.5 Å². The summed E-state index contributed by atoms with van der Waals surface area (Å²) >= 11 is 0. The Hall–Kier alpha value is -3.35. The van der Waals surface area contributed by atoms with Crippen LogP contribution in [0.15, 0.2) is 48.5 Å². The lowest BCUT2D eigenvalue weighted by Crippen LogP contribution is -2.43. The Balaban J connectivity index is 1.54. The van der Waals surface area contributed by atoms with Crippen molar-refractivity contribution in [3.8, 4) is 11.1 Å².